The Morgan fingerprint density at radius 3 is 1.56 bits per heavy atom. The molecule has 0 aromatic rings. The number of carboxylic acids is 2. The number of hydrogen-bond acceptors (Lipinski definition) is 4. The molecule has 0 aromatic carbocycles. The molecule has 4 atom stereocenters. The van der Waals surface area contributed by atoms with Crippen molar-refractivity contribution in [2.24, 2.45) is 0 Å². The summed E-state index contributed by atoms with van der Waals surface area (Å²) in [5, 5.41) is 23.8. The summed E-state index contributed by atoms with van der Waals surface area (Å²) in [5.41, 5.74) is 0. The molecule has 0 bridgehead atoms. The molecule has 2 aliphatic rings. The van der Waals surface area contributed by atoms with Gasteiger partial charge in [0.15, 0.2) is 0 Å². The average Bonchev–Trinajstić information content (AvgIpc) is 2.95. The molecule has 18 heavy (non-hydrogen) atoms. The number of hydrogen-bond donors (Lipinski definition) is 4. The number of aliphatic carboxylic acids is 2. The van der Waals surface area contributed by atoms with Crippen LogP contribution >= 0.6 is 0 Å². The van der Waals surface area contributed by atoms with E-state index in [4.69, 9.17) is 10.2 Å². The number of rotatable bonds is 5. The molecule has 102 valence electrons. The molecule has 2 rings (SSSR count). The zero-order valence-corrected chi connectivity index (χ0v) is 13.1. The van der Waals surface area contributed by atoms with Crippen LogP contribution in [0.15, 0.2) is 0 Å². The Bertz CT molecular complexity index is 310. The Kier molecular flexibility index (Phi) is 5.06. The van der Waals surface area contributed by atoms with Gasteiger partial charge in [0.05, 0.1) is 0 Å². The molecule has 6 nitrogen and oxygen atoms in total. The van der Waals surface area contributed by atoms with Crippen LogP contribution in [0.4, 0.5) is 0 Å². The van der Waals surface area contributed by atoms with Crippen LogP contribution in [0, 0.1) is 0 Å². The molecule has 2 unspecified atom stereocenters. The van der Waals surface area contributed by atoms with E-state index < -0.39 is 11.9 Å². The van der Waals surface area contributed by atoms with E-state index in [9.17, 15) is 9.59 Å². The van der Waals surface area contributed by atoms with Crippen molar-refractivity contribution < 1.29 is 19.8 Å². The predicted octanol–water partition coefficient (Wildman–Crippen LogP) is -1.22. The fourth-order valence-corrected chi connectivity index (χ4v) is 11.2. The van der Waals surface area contributed by atoms with E-state index in [1.807, 2.05) is 0 Å². The first-order valence-corrected chi connectivity index (χ1v) is 12.1. The van der Waals surface area contributed by atoms with Crippen LogP contribution in [0.1, 0.15) is 12.8 Å². The Hall–Kier alpha value is -0.101. The zero-order valence-electron chi connectivity index (χ0n) is 9.67. The second-order valence-electron chi connectivity index (χ2n) is 4.51. The van der Waals surface area contributed by atoms with E-state index in [0.717, 1.165) is 25.9 Å². The Morgan fingerprint density at radius 2 is 1.28 bits per heavy atom. The van der Waals surface area contributed by atoms with Crippen molar-refractivity contribution in [1.29, 1.82) is 0 Å². The third-order valence-corrected chi connectivity index (χ3v) is 13.1. The minimum absolute atomic E-state index is 0.374. The van der Waals surface area contributed by atoms with Gasteiger partial charge in [-0.15, -0.1) is 0 Å². The summed E-state index contributed by atoms with van der Waals surface area (Å²) >= 11 is 0.924. The van der Waals surface area contributed by atoms with Gasteiger partial charge in [-0.3, -0.25) is 0 Å². The summed E-state index contributed by atoms with van der Waals surface area (Å²) < 4.78 is 0. The van der Waals surface area contributed by atoms with Gasteiger partial charge in [-0.05, 0) is 0 Å². The van der Waals surface area contributed by atoms with E-state index in [-0.39, 0.29) is 12.1 Å². The predicted molar refractivity (Wildman–Crippen MR) is 67.1 cm³/mol. The summed E-state index contributed by atoms with van der Waals surface area (Å²) in [4.78, 5) is 22.6. The van der Waals surface area contributed by atoms with E-state index in [0.29, 0.717) is 35.9 Å². The summed E-state index contributed by atoms with van der Waals surface area (Å²) in [6, 6.07) is -0.748. The fourth-order valence-electron chi connectivity index (χ4n) is 2.09. The van der Waals surface area contributed by atoms with Crippen LogP contribution in [-0.4, -0.2) is 73.6 Å². The van der Waals surface area contributed by atoms with Crippen molar-refractivity contribution in [2.75, 3.05) is 13.1 Å². The van der Waals surface area contributed by atoms with E-state index >= 15 is 0 Å². The Morgan fingerprint density at radius 1 is 0.889 bits per heavy atom. The normalized spacial score (nSPS) is 35.8. The first kappa shape index (κ1) is 14.3. The second kappa shape index (κ2) is 6.37. The van der Waals surface area contributed by atoms with Gasteiger partial charge >= 0.3 is 116 Å². The Balaban J connectivity index is 1.67. The molecule has 0 aromatic heterocycles. The molecule has 2 aliphatic heterocycles. The van der Waals surface area contributed by atoms with Gasteiger partial charge in [-0.25, -0.2) is 0 Å². The van der Waals surface area contributed by atoms with Gasteiger partial charge in [0, 0.05) is 0 Å². The molecule has 2 heterocycles. The van der Waals surface area contributed by atoms with Crippen LogP contribution in [0.3, 0.4) is 0 Å². The van der Waals surface area contributed by atoms with Crippen molar-refractivity contribution in [3.05, 3.63) is 0 Å². The second-order valence-corrected chi connectivity index (χ2v) is 12.3. The molecule has 4 N–H and O–H groups in total. The van der Waals surface area contributed by atoms with Crippen LogP contribution < -0.4 is 10.6 Å². The molecule has 0 saturated carbocycles. The SMILES string of the molecule is O=C(O)[C@@H]1CC([Se][Se]C2CN[C@H](C(=O)O)C2)CN1. The zero-order chi connectivity index (χ0) is 13.1. The number of carbonyl (C=O) groups is 2. The van der Waals surface area contributed by atoms with Crippen LogP contribution in [0.2, 0.25) is 9.63 Å². The van der Waals surface area contributed by atoms with Gasteiger partial charge < -0.3 is 0 Å². The minimum atomic E-state index is -0.755. The molecule has 0 spiro atoms. The third kappa shape index (κ3) is 3.70. The molecule has 2 fully saturated rings. The maximum absolute atomic E-state index is 10.8. The molecule has 0 radical (unpaired) electrons. The topological polar surface area (TPSA) is 98.7 Å². The maximum atomic E-state index is 10.8. The first-order chi connectivity index (χ1) is 8.56. The van der Waals surface area contributed by atoms with Gasteiger partial charge in [0.1, 0.15) is 0 Å². The van der Waals surface area contributed by atoms with Crippen molar-refractivity contribution in [1.82, 2.24) is 10.6 Å². The average molecular weight is 386 g/mol. The Labute approximate surface area is 116 Å². The van der Waals surface area contributed by atoms with Crippen molar-refractivity contribution in [3.8, 4) is 0 Å². The van der Waals surface area contributed by atoms with Gasteiger partial charge in [-0.1, -0.05) is 0 Å². The molecule has 8 heteroatoms. The van der Waals surface area contributed by atoms with Gasteiger partial charge in [0.2, 0.25) is 0 Å². The summed E-state index contributed by atoms with van der Waals surface area (Å²) in [7, 11) is 0. The van der Waals surface area contributed by atoms with Crippen LogP contribution in [-0.2, 0) is 9.59 Å². The van der Waals surface area contributed by atoms with Crippen molar-refractivity contribution in [2.45, 2.75) is 34.6 Å². The van der Waals surface area contributed by atoms with Crippen LogP contribution in [0.5, 0.6) is 0 Å². The first-order valence-electron chi connectivity index (χ1n) is 5.80. The van der Waals surface area contributed by atoms with Gasteiger partial charge in [-0.2, -0.15) is 0 Å². The third-order valence-electron chi connectivity index (χ3n) is 3.10. The summed E-state index contributed by atoms with van der Waals surface area (Å²) in [5.74, 6) is -1.51. The monoisotopic (exact) mass is 388 g/mol. The van der Waals surface area contributed by atoms with E-state index in [1.54, 1.807) is 0 Å². The van der Waals surface area contributed by atoms with E-state index in [2.05, 4.69) is 10.6 Å². The van der Waals surface area contributed by atoms with Crippen LogP contribution in [0.25, 0.3) is 0 Å². The summed E-state index contributed by atoms with van der Waals surface area (Å²) in [6.07, 6.45) is 1.47. The molecular formula is C10H16N2O4Se2. The fraction of sp³-hybridized carbons (Fsp3) is 0.800. The molecule has 2 saturated heterocycles. The molecule has 0 aliphatic carbocycles. The van der Waals surface area contributed by atoms with E-state index in [1.165, 1.54) is 0 Å². The van der Waals surface area contributed by atoms with Crippen molar-refractivity contribution >= 4 is 38.2 Å². The van der Waals surface area contributed by atoms with Crippen molar-refractivity contribution in [3.63, 3.8) is 0 Å². The quantitative estimate of drug-likeness (QED) is 0.443. The molecular weight excluding hydrogens is 370 g/mol. The number of nitrogens with one attached hydrogen (secondary N) is 2. The number of carboxylic acid groups (broad SMARTS) is 2. The summed E-state index contributed by atoms with van der Waals surface area (Å²) in [6.45, 7) is 1.61. The standard InChI is InChI=1S/C10H16N2O4Se2/c13-9(14)7-1-5(3-11-7)17-18-6-2-8(10(15)16)12-4-6/h5-8,11-12H,1-4H2,(H,13,14)(H,15,16)/t5?,6?,7-,8-/m0/s1. The molecule has 0 amide bonds. The van der Waals surface area contributed by atoms with Gasteiger partial charge in [0.25, 0.3) is 0 Å².